The van der Waals surface area contributed by atoms with Crippen molar-refractivity contribution in [2.24, 2.45) is 5.92 Å². The van der Waals surface area contributed by atoms with E-state index in [0.717, 1.165) is 52.1 Å². The average molecular weight is 251 g/mol. The van der Waals surface area contributed by atoms with Crippen LogP contribution in [0.25, 0.3) is 0 Å². The summed E-state index contributed by atoms with van der Waals surface area (Å²) in [4.78, 5) is 2.49. The zero-order chi connectivity index (χ0) is 12.8. The Hall–Kier alpha value is -0.630. The zero-order valence-electron chi connectivity index (χ0n) is 11.5. The van der Waals surface area contributed by atoms with Gasteiger partial charge in [0.15, 0.2) is 0 Å². The van der Waals surface area contributed by atoms with Crippen LogP contribution < -0.4 is 5.32 Å². The van der Waals surface area contributed by atoms with Gasteiger partial charge in [-0.2, -0.15) is 5.26 Å². The molecule has 2 unspecified atom stereocenters. The highest BCUT2D eigenvalue weighted by Gasteiger charge is 2.41. The van der Waals surface area contributed by atoms with E-state index < -0.39 is 0 Å². The fraction of sp³-hybridized carbons (Fsp3) is 0.929. The maximum atomic E-state index is 9.42. The van der Waals surface area contributed by atoms with E-state index >= 15 is 0 Å². The molecule has 2 atom stereocenters. The van der Waals surface area contributed by atoms with Crippen LogP contribution in [0.3, 0.4) is 0 Å². The molecule has 2 rings (SSSR count). The molecule has 0 aromatic carbocycles. The molecule has 1 aliphatic heterocycles. The first-order valence-corrected chi connectivity index (χ1v) is 7.21. The molecule has 0 radical (unpaired) electrons. The normalized spacial score (nSPS) is 34.1. The molecule has 1 heterocycles. The van der Waals surface area contributed by atoms with Gasteiger partial charge in [-0.15, -0.1) is 0 Å². The zero-order valence-corrected chi connectivity index (χ0v) is 11.5. The Kier molecular flexibility index (Phi) is 4.99. The van der Waals surface area contributed by atoms with Crippen molar-refractivity contribution in [3.8, 4) is 6.07 Å². The predicted molar refractivity (Wildman–Crippen MR) is 71.2 cm³/mol. The Balaban J connectivity index is 1.83. The SMILES string of the molecule is CNC1(C#N)CCCC1CCN1CCCOCC1. The molecule has 102 valence electrons. The smallest absolute Gasteiger partial charge is 0.109 e. The van der Waals surface area contributed by atoms with Crippen molar-refractivity contribution in [1.29, 1.82) is 5.26 Å². The minimum Gasteiger partial charge on any atom is -0.380 e. The quantitative estimate of drug-likeness (QED) is 0.820. The van der Waals surface area contributed by atoms with Crippen molar-refractivity contribution in [1.82, 2.24) is 10.2 Å². The van der Waals surface area contributed by atoms with Gasteiger partial charge in [-0.05, 0) is 45.2 Å². The van der Waals surface area contributed by atoms with Gasteiger partial charge in [0.1, 0.15) is 5.54 Å². The molecule has 0 bridgehead atoms. The third kappa shape index (κ3) is 3.03. The highest BCUT2D eigenvalue weighted by atomic mass is 16.5. The standard InChI is InChI=1S/C14H25N3O/c1-16-14(12-15)6-2-4-13(14)5-8-17-7-3-10-18-11-9-17/h13,16H,2-11H2,1H3. The topological polar surface area (TPSA) is 48.3 Å². The van der Waals surface area contributed by atoms with Crippen LogP contribution in [0.4, 0.5) is 0 Å². The van der Waals surface area contributed by atoms with Gasteiger partial charge in [-0.25, -0.2) is 0 Å². The van der Waals surface area contributed by atoms with Crippen LogP contribution in [-0.4, -0.2) is 50.3 Å². The van der Waals surface area contributed by atoms with Crippen LogP contribution in [0.15, 0.2) is 0 Å². The van der Waals surface area contributed by atoms with E-state index in [2.05, 4.69) is 16.3 Å². The minimum absolute atomic E-state index is 0.262. The highest BCUT2D eigenvalue weighted by Crippen LogP contribution is 2.37. The molecule has 1 saturated heterocycles. The maximum absolute atomic E-state index is 9.42. The Morgan fingerprint density at radius 2 is 2.28 bits per heavy atom. The van der Waals surface area contributed by atoms with E-state index in [-0.39, 0.29) is 5.54 Å². The third-order valence-corrected chi connectivity index (χ3v) is 4.57. The van der Waals surface area contributed by atoms with Gasteiger partial charge in [0, 0.05) is 19.7 Å². The van der Waals surface area contributed by atoms with E-state index in [1.54, 1.807) is 0 Å². The van der Waals surface area contributed by atoms with Crippen LogP contribution in [-0.2, 0) is 4.74 Å². The van der Waals surface area contributed by atoms with E-state index in [1.165, 1.54) is 12.8 Å². The number of rotatable bonds is 4. The van der Waals surface area contributed by atoms with Crippen LogP contribution in [0.2, 0.25) is 0 Å². The number of nitrogens with zero attached hydrogens (tertiary/aromatic N) is 2. The molecule has 18 heavy (non-hydrogen) atoms. The summed E-state index contributed by atoms with van der Waals surface area (Å²) in [6.45, 7) is 5.06. The van der Waals surface area contributed by atoms with Crippen molar-refractivity contribution in [2.45, 2.75) is 37.6 Å². The molecule has 4 nitrogen and oxygen atoms in total. The second-order valence-corrected chi connectivity index (χ2v) is 5.52. The molecule has 0 spiro atoms. The molecule has 2 fully saturated rings. The lowest BCUT2D eigenvalue weighted by Gasteiger charge is -2.30. The molecule has 2 aliphatic rings. The molecular weight excluding hydrogens is 226 g/mol. The molecule has 1 aliphatic carbocycles. The molecule has 0 aromatic heterocycles. The van der Waals surface area contributed by atoms with E-state index in [1.807, 2.05) is 7.05 Å². The minimum atomic E-state index is -0.262. The first kappa shape index (κ1) is 13.8. The number of nitrogens with one attached hydrogen (secondary N) is 1. The predicted octanol–water partition coefficient (Wildman–Crippen LogP) is 1.38. The second-order valence-electron chi connectivity index (χ2n) is 5.52. The van der Waals surface area contributed by atoms with Gasteiger partial charge in [-0.1, -0.05) is 6.42 Å². The summed E-state index contributed by atoms with van der Waals surface area (Å²) in [5.41, 5.74) is -0.262. The van der Waals surface area contributed by atoms with E-state index in [4.69, 9.17) is 4.74 Å². The number of hydrogen-bond donors (Lipinski definition) is 1. The molecular formula is C14H25N3O. The van der Waals surface area contributed by atoms with Crippen LogP contribution >= 0.6 is 0 Å². The summed E-state index contributed by atoms with van der Waals surface area (Å²) >= 11 is 0. The lowest BCUT2D eigenvalue weighted by molar-refractivity contribution is 0.139. The van der Waals surface area contributed by atoms with Crippen LogP contribution in [0.1, 0.15) is 32.1 Å². The molecule has 4 heteroatoms. The fourth-order valence-corrected chi connectivity index (χ4v) is 3.36. The summed E-state index contributed by atoms with van der Waals surface area (Å²) in [7, 11) is 1.93. The number of ether oxygens (including phenoxy) is 1. The molecule has 1 saturated carbocycles. The monoisotopic (exact) mass is 251 g/mol. The Morgan fingerprint density at radius 3 is 3.06 bits per heavy atom. The largest absolute Gasteiger partial charge is 0.380 e. The van der Waals surface area contributed by atoms with Crippen LogP contribution in [0.5, 0.6) is 0 Å². The molecule has 1 N–H and O–H groups in total. The molecule has 0 aromatic rings. The van der Waals surface area contributed by atoms with Crippen molar-refractivity contribution in [2.75, 3.05) is 39.9 Å². The third-order valence-electron chi connectivity index (χ3n) is 4.57. The maximum Gasteiger partial charge on any atom is 0.109 e. The van der Waals surface area contributed by atoms with Crippen molar-refractivity contribution < 1.29 is 4.74 Å². The summed E-state index contributed by atoms with van der Waals surface area (Å²) in [6.07, 6.45) is 5.66. The van der Waals surface area contributed by atoms with Gasteiger partial charge in [0.05, 0.1) is 12.7 Å². The van der Waals surface area contributed by atoms with Crippen molar-refractivity contribution >= 4 is 0 Å². The fourth-order valence-electron chi connectivity index (χ4n) is 3.36. The highest BCUT2D eigenvalue weighted by molar-refractivity contribution is 5.13. The lowest BCUT2D eigenvalue weighted by atomic mass is 9.86. The Bertz CT molecular complexity index is 294. The summed E-state index contributed by atoms with van der Waals surface area (Å²) in [6, 6.07) is 2.52. The number of nitriles is 1. The van der Waals surface area contributed by atoms with Gasteiger partial charge in [-0.3, -0.25) is 0 Å². The molecule has 0 amide bonds. The Labute approximate surface area is 110 Å². The summed E-state index contributed by atoms with van der Waals surface area (Å²) < 4.78 is 5.47. The van der Waals surface area contributed by atoms with Gasteiger partial charge < -0.3 is 15.0 Å². The van der Waals surface area contributed by atoms with Gasteiger partial charge in [0.2, 0.25) is 0 Å². The summed E-state index contributed by atoms with van der Waals surface area (Å²) in [5, 5.41) is 12.7. The lowest BCUT2D eigenvalue weighted by Crippen LogP contribution is -2.45. The first-order valence-electron chi connectivity index (χ1n) is 7.21. The van der Waals surface area contributed by atoms with Crippen LogP contribution in [0, 0.1) is 17.2 Å². The average Bonchev–Trinajstić information content (AvgIpc) is 2.63. The van der Waals surface area contributed by atoms with E-state index in [9.17, 15) is 5.26 Å². The van der Waals surface area contributed by atoms with Crippen molar-refractivity contribution in [3.05, 3.63) is 0 Å². The Morgan fingerprint density at radius 1 is 1.39 bits per heavy atom. The first-order chi connectivity index (χ1) is 8.80. The summed E-state index contributed by atoms with van der Waals surface area (Å²) in [5.74, 6) is 0.511. The van der Waals surface area contributed by atoms with Gasteiger partial charge >= 0.3 is 0 Å². The number of hydrogen-bond acceptors (Lipinski definition) is 4. The van der Waals surface area contributed by atoms with Crippen molar-refractivity contribution in [3.63, 3.8) is 0 Å². The van der Waals surface area contributed by atoms with E-state index in [0.29, 0.717) is 5.92 Å². The van der Waals surface area contributed by atoms with Gasteiger partial charge in [0.25, 0.3) is 0 Å². The second kappa shape index (κ2) is 6.51.